The highest BCUT2D eigenvalue weighted by Gasteiger charge is 2.20. The Labute approximate surface area is 191 Å². The predicted octanol–water partition coefficient (Wildman–Crippen LogP) is 5.12. The van der Waals surface area contributed by atoms with Crippen LogP contribution in [-0.4, -0.2) is 33.7 Å². The summed E-state index contributed by atoms with van der Waals surface area (Å²) in [6.45, 7) is 4.04. The summed E-state index contributed by atoms with van der Waals surface area (Å²) in [6, 6.07) is 18.6. The van der Waals surface area contributed by atoms with E-state index >= 15 is 0 Å². The molecule has 4 rings (SSSR count). The first-order valence-electron chi connectivity index (χ1n) is 10.5. The van der Waals surface area contributed by atoms with E-state index < -0.39 is 12.0 Å². The van der Waals surface area contributed by atoms with Gasteiger partial charge in [0.15, 0.2) is 0 Å². The normalized spacial score (nSPS) is 11.5. The van der Waals surface area contributed by atoms with E-state index in [2.05, 4.69) is 21.4 Å². The molecule has 4 aromatic rings. The van der Waals surface area contributed by atoms with Gasteiger partial charge in [0.1, 0.15) is 23.4 Å². The molecule has 0 aliphatic rings. The van der Waals surface area contributed by atoms with E-state index in [-0.39, 0.29) is 5.56 Å². The van der Waals surface area contributed by atoms with Crippen LogP contribution in [0.15, 0.2) is 67.0 Å². The first-order chi connectivity index (χ1) is 16.0. The number of fused-ring (bicyclic) bond motifs is 1. The van der Waals surface area contributed by atoms with Crippen LogP contribution in [0.1, 0.15) is 19.4 Å². The van der Waals surface area contributed by atoms with E-state index in [1.165, 1.54) is 6.92 Å². The summed E-state index contributed by atoms with van der Waals surface area (Å²) in [4.78, 5) is 20.3. The molecule has 7 nitrogen and oxygen atoms in total. The lowest BCUT2D eigenvalue weighted by Crippen LogP contribution is -2.26. The number of nitrogens with zero attached hydrogens (tertiary/aromatic N) is 3. The molecular formula is C26H22N4O3. The summed E-state index contributed by atoms with van der Waals surface area (Å²) in [5.41, 5.74) is 4.42. The van der Waals surface area contributed by atoms with Gasteiger partial charge in [-0.2, -0.15) is 5.26 Å². The van der Waals surface area contributed by atoms with E-state index in [0.29, 0.717) is 28.9 Å². The molecule has 2 aromatic carbocycles. The SMILES string of the molecule is CCOc1ccccc1-c1ccc(-c2nc3cnccc3c(NC(C)C(=O)O)c2C#N)cc1. The molecule has 0 fully saturated rings. The smallest absolute Gasteiger partial charge is 0.325 e. The van der Waals surface area contributed by atoms with E-state index in [4.69, 9.17) is 4.74 Å². The zero-order valence-electron chi connectivity index (χ0n) is 18.2. The fraction of sp³-hybridized carbons (Fsp3) is 0.154. The number of carboxylic acids is 1. The number of aliphatic carboxylic acids is 1. The van der Waals surface area contributed by atoms with Crippen molar-refractivity contribution in [1.29, 1.82) is 5.26 Å². The summed E-state index contributed by atoms with van der Waals surface area (Å²) in [7, 11) is 0. The van der Waals surface area contributed by atoms with Crippen molar-refractivity contribution in [2.24, 2.45) is 0 Å². The Hall–Kier alpha value is -4.44. The van der Waals surface area contributed by atoms with Gasteiger partial charge < -0.3 is 15.2 Å². The number of nitrogens with one attached hydrogen (secondary N) is 1. The number of ether oxygens (including phenoxy) is 1. The highest BCUT2D eigenvalue weighted by Crippen LogP contribution is 2.36. The summed E-state index contributed by atoms with van der Waals surface area (Å²) < 4.78 is 5.74. The molecule has 0 spiro atoms. The number of pyridine rings is 2. The Morgan fingerprint density at radius 3 is 2.58 bits per heavy atom. The Bertz CT molecular complexity index is 1360. The van der Waals surface area contributed by atoms with E-state index in [9.17, 15) is 15.2 Å². The maximum atomic E-state index is 11.5. The fourth-order valence-electron chi connectivity index (χ4n) is 3.66. The zero-order chi connectivity index (χ0) is 23.4. The summed E-state index contributed by atoms with van der Waals surface area (Å²) >= 11 is 0. The average molecular weight is 438 g/mol. The maximum Gasteiger partial charge on any atom is 0.325 e. The molecule has 1 atom stereocenters. The van der Waals surface area contributed by atoms with Gasteiger partial charge in [0.05, 0.1) is 29.7 Å². The third-order valence-corrected chi connectivity index (χ3v) is 5.29. The van der Waals surface area contributed by atoms with E-state index in [0.717, 1.165) is 22.4 Å². The first-order valence-corrected chi connectivity index (χ1v) is 10.5. The van der Waals surface area contributed by atoms with Crippen molar-refractivity contribution >= 4 is 22.6 Å². The summed E-state index contributed by atoms with van der Waals surface area (Å²) in [6.07, 6.45) is 3.19. The number of carboxylic acid groups (broad SMARTS) is 1. The van der Waals surface area contributed by atoms with Crippen molar-refractivity contribution in [1.82, 2.24) is 9.97 Å². The second-order valence-electron chi connectivity index (χ2n) is 7.43. The van der Waals surface area contributed by atoms with Crippen molar-refractivity contribution in [3.63, 3.8) is 0 Å². The molecule has 0 saturated carbocycles. The second-order valence-corrected chi connectivity index (χ2v) is 7.43. The largest absolute Gasteiger partial charge is 0.493 e. The van der Waals surface area contributed by atoms with Gasteiger partial charge in [-0.05, 0) is 31.5 Å². The number of rotatable bonds is 7. The molecule has 2 heterocycles. The minimum Gasteiger partial charge on any atom is -0.493 e. The standard InChI is InChI=1S/C26H22N4O3/c1-3-33-23-7-5-4-6-19(23)17-8-10-18(11-9-17)24-21(14-27)25(29-16(2)26(31)32)20-12-13-28-15-22(20)30-24/h4-13,15-16H,3H2,1-2H3,(H,29,30)(H,31,32). The molecule has 0 aliphatic carbocycles. The predicted molar refractivity (Wildman–Crippen MR) is 127 cm³/mol. The lowest BCUT2D eigenvalue weighted by atomic mass is 9.98. The Kier molecular flexibility index (Phi) is 6.18. The van der Waals surface area contributed by atoms with Crippen LogP contribution in [-0.2, 0) is 4.79 Å². The lowest BCUT2D eigenvalue weighted by Gasteiger charge is -2.17. The Morgan fingerprint density at radius 1 is 1.15 bits per heavy atom. The van der Waals surface area contributed by atoms with Gasteiger partial charge in [0.25, 0.3) is 0 Å². The molecule has 2 N–H and O–H groups in total. The first kappa shape index (κ1) is 21.8. The van der Waals surface area contributed by atoms with Crippen LogP contribution >= 0.6 is 0 Å². The average Bonchev–Trinajstić information content (AvgIpc) is 2.84. The number of benzene rings is 2. The molecule has 2 aromatic heterocycles. The number of hydrogen-bond acceptors (Lipinski definition) is 6. The van der Waals surface area contributed by atoms with Gasteiger partial charge in [-0.25, -0.2) is 4.98 Å². The van der Waals surface area contributed by atoms with Gasteiger partial charge >= 0.3 is 5.97 Å². The molecule has 0 bridgehead atoms. The zero-order valence-corrected chi connectivity index (χ0v) is 18.2. The number of hydrogen-bond donors (Lipinski definition) is 2. The van der Waals surface area contributed by atoms with E-state index in [1.54, 1.807) is 18.5 Å². The van der Waals surface area contributed by atoms with Gasteiger partial charge in [0, 0.05) is 22.7 Å². The van der Waals surface area contributed by atoms with Crippen molar-refractivity contribution < 1.29 is 14.6 Å². The van der Waals surface area contributed by atoms with Crippen molar-refractivity contribution in [3.8, 4) is 34.2 Å². The molecule has 0 saturated heterocycles. The minimum atomic E-state index is -1.02. The topological polar surface area (TPSA) is 108 Å². The Balaban J connectivity index is 1.83. The molecular weight excluding hydrogens is 416 g/mol. The van der Waals surface area contributed by atoms with Crippen molar-refractivity contribution in [2.45, 2.75) is 19.9 Å². The minimum absolute atomic E-state index is 0.282. The van der Waals surface area contributed by atoms with Crippen LogP contribution in [0.4, 0.5) is 5.69 Å². The number of nitriles is 1. The van der Waals surface area contributed by atoms with Crippen LogP contribution in [0.25, 0.3) is 33.3 Å². The van der Waals surface area contributed by atoms with Gasteiger partial charge in [0.2, 0.25) is 0 Å². The molecule has 0 radical (unpaired) electrons. The number of carbonyl (C=O) groups is 1. The summed E-state index contributed by atoms with van der Waals surface area (Å²) in [5.74, 6) is -0.216. The third-order valence-electron chi connectivity index (χ3n) is 5.29. The number of aromatic nitrogens is 2. The van der Waals surface area contributed by atoms with Gasteiger partial charge in [-0.3, -0.25) is 9.78 Å². The summed E-state index contributed by atoms with van der Waals surface area (Å²) in [5, 5.41) is 23.0. The molecule has 7 heteroatoms. The monoisotopic (exact) mass is 438 g/mol. The third kappa shape index (κ3) is 4.32. The molecule has 0 amide bonds. The Morgan fingerprint density at radius 2 is 1.88 bits per heavy atom. The molecule has 33 heavy (non-hydrogen) atoms. The fourth-order valence-corrected chi connectivity index (χ4v) is 3.66. The van der Waals surface area contributed by atoms with Crippen LogP contribution in [0.3, 0.4) is 0 Å². The quantitative estimate of drug-likeness (QED) is 0.412. The van der Waals surface area contributed by atoms with Crippen LogP contribution in [0.5, 0.6) is 5.75 Å². The maximum absolute atomic E-state index is 11.5. The lowest BCUT2D eigenvalue weighted by molar-refractivity contribution is -0.137. The van der Waals surface area contributed by atoms with Crippen molar-refractivity contribution in [2.75, 3.05) is 11.9 Å². The number of anilines is 1. The van der Waals surface area contributed by atoms with Crippen LogP contribution < -0.4 is 10.1 Å². The van der Waals surface area contributed by atoms with Gasteiger partial charge in [-0.1, -0.05) is 42.5 Å². The molecule has 0 aliphatic heterocycles. The highest BCUT2D eigenvalue weighted by atomic mass is 16.5. The number of para-hydroxylation sites is 1. The second kappa shape index (κ2) is 9.37. The van der Waals surface area contributed by atoms with Gasteiger partial charge in [-0.15, -0.1) is 0 Å². The van der Waals surface area contributed by atoms with Crippen LogP contribution in [0, 0.1) is 11.3 Å². The molecule has 1 unspecified atom stereocenters. The highest BCUT2D eigenvalue weighted by molar-refractivity contribution is 5.98. The molecule has 164 valence electrons. The van der Waals surface area contributed by atoms with Crippen LogP contribution in [0.2, 0.25) is 0 Å². The van der Waals surface area contributed by atoms with E-state index in [1.807, 2.05) is 55.5 Å². The van der Waals surface area contributed by atoms with Crippen molar-refractivity contribution in [3.05, 3.63) is 72.6 Å².